The summed E-state index contributed by atoms with van der Waals surface area (Å²) in [6, 6.07) is 43.8. The lowest BCUT2D eigenvalue weighted by atomic mass is 9.99. The Morgan fingerprint density at radius 3 is 1.00 bits per heavy atom. The van der Waals surface area contributed by atoms with Crippen molar-refractivity contribution in [3.63, 3.8) is 0 Å². The number of rotatable bonds is 12. The van der Waals surface area contributed by atoms with Crippen LogP contribution in [0.2, 0.25) is 0 Å². The lowest BCUT2D eigenvalue weighted by Gasteiger charge is -2.39. The van der Waals surface area contributed by atoms with Crippen molar-refractivity contribution in [3.8, 4) is 0 Å². The Kier molecular flexibility index (Phi) is 17.6. The molecule has 0 aromatic heterocycles. The molecule has 2 aliphatic heterocycles. The van der Waals surface area contributed by atoms with Crippen LogP contribution >= 0.6 is 0 Å². The number of nitrogens with zero attached hydrogens (tertiary/aromatic N) is 2. The van der Waals surface area contributed by atoms with Gasteiger partial charge in [-0.15, -0.1) is 0 Å². The third-order valence-corrected chi connectivity index (χ3v) is 9.24. The highest BCUT2D eigenvalue weighted by Gasteiger charge is 2.31. The number of hydrogen-bond acceptors (Lipinski definition) is 6. The van der Waals surface area contributed by atoms with Crippen LogP contribution in [0, 0.1) is 0 Å². The monoisotopic (exact) mass is 652 g/mol. The topological polar surface area (TPSA) is 49.0 Å². The maximum absolute atomic E-state index is 5.76. The number of hydrogen-bond donors (Lipinski definition) is 2. The molecule has 2 saturated heterocycles. The predicted octanol–water partition coefficient (Wildman–Crippen LogP) is 7.40. The summed E-state index contributed by atoms with van der Waals surface area (Å²) in [7, 11) is 3.65. The Morgan fingerprint density at radius 2 is 0.750 bits per heavy atom. The first-order valence-electron chi connectivity index (χ1n) is 16.8. The summed E-state index contributed by atoms with van der Waals surface area (Å²) in [5, 5.41) is 6.89. The molecule has 4 aromatic rings. The summed E-state index contributed by atoms with van der Waals surface area (Å²) in [6.45, 7) is 7.82. The minimum absolute atomic E-state index is 0. The fraction of sp³-hybridized carbons (Fsp3) is 0.429. The largest absolute Gasteiger partial charge is 0.378 e. The average Bonchev–Trinajstić information content (AvgIpc) is 3.13. The van der Waals surface area contributed by atoms with E-state index in [2.05, 4.69) is 142 Å². The summed E-state index contributed by atoms with van der Waals surface area (Å²) in [5.74, 6) is 0. The highest BCUT2D eigenvalue weighted by Crippen LogP contribution is 2.22. The molecule has 2 N–H and O–H groups in total. The first-order chi connectivity index (χ1) is 22.7. The van der Waals surface area contributed by atoms with Crippen molar-refractivity contribution in [1.82, 2.24) is 20.4 Å². The fourth-order valence-electron chi connectivity index (χ4n) is 6.80. The van der Waals surface area contributed by atoms with Gasteiger partial charge in [0.1, 0.15) is 0 Å². The van der Waals surface area contributed by atoms with Crippen molar-refractivity contribution in [2.45, 2.75) is 78.2 Å². The van der Waals surface area contributed by atoms with Crippen LogP contribution in [-0.2, 0) is 35.7 Å². The number of methoxy groups -OCH3 is 2. The van der Waals surface area contributed by atoms with Crippen LogP contribution in [-0.4, -0.2) is 74.5 Å². The molecule has 0 radical (unpaired) electrons. The first-order valence-corrected chi connectivity index (χ1v) is 16.8. The highest BCUT2D eigenvalue weighted by molar-refractivity contribution is 5.19. The Bertz CT molecular complexity index is 1170. The van der Waals surface area contributed by atoms with Crippen LogP contribution in [0.1, 0.15) is 49.9 Å². The molecule has 0 amide bonds. The van der Waals surface area contributed by atoms with E-state index in [0.717, 1.165) is 65.2 Å². The van der Waals surface area contributed by atoms with Crippen molar-refractivity contribution < 1.29 is 9.47 Å². The zero-order chi connectivity index (χ0) is 31.8. The van der Waals surface area contributed by atoms with E-state index in [1.54, 1.807) is 0 Å². The van der Waals surface area contributed by atoms with Gasteiger partial charge in [-0.2, -0.15) is 0 Å². The molecule has 0 bridgehead atoms. The lowest BCUT2D eigenvalue weighted by Crippen LogP contribution is -2.53. The molecule has 6 rings (SSSR count). The van der Waals surface area contributed by atoms with Crippen LogP contribution in [0.25, 0.3) is 0 Å². The van der Waals surface area contributed by atoms with Gasteiger partial charge in [-0.25, -0.2) is 0 Å². The number of ether oxygens (including phenoxy) is 2. The average molecular weight is 653 g/mol. The first kappa shape index (κ1) is 39.1. The SMILES string of the molecule is C.C.CO[C@H]1CNCC[C@H]1N(Cc1ccccc1)Cc1ccccc1.CO[C@H]1CNCC[C@H]1N(Cc1ccccc1)Cc1ccccc1. The second-order valence-electron chi connectivity index (χ2n) is 12.4. The van der Waals surface area contributed by atoms with Gasteiger partial charge >= 0.3 is 0 Å². The minimum Gasteiger partial charge on any atom is -0.378 e. The van der Waals surface area contributed by atoms with Gasteiger partial charge in [-0.3, -0.25) is 9.80 Å². The molecule has 6 heteroatoms. The van der Waals surface area contributed by atoms with Gasteiger partial charge < -0.3 is 20.1 Å². The molecule has 4 atom stereocenters. The minimum atomic E-state index is 0. The zero-order valence-corrected chi connectivity index (χ0v) is 27.6. The molecule has 0 spiro atoms. The maximum atomic E-state index is 5.76. The zero-order valence-electron chi connectivity index (χ0n) is 27.6. The Morgan fingerprint density at radius 1 is 0.479 bits per heavy atom. The van der Waals surface area contributed by atoms with Crippen LogP contribution in [0.3, 0.4) is 0 Å². The highest BCUT2D eigenvalue weighted by atomic mass is 16.5. The molecule has 0 unspecified atom stereocenters. The summed E-state index contributed by atoms with van der Waals surface area (Å²) < 4.78 is 11.5. The Hall–Kier alpha value is -3.36. The molecule has 4 aromatic carbocycles. The van der Waals surface area contributed by atoms with Crippen LogP contribution < -0.4 is 10.6 Å². The quantitative estimate of drug-likeness (QED) is 0.166. The molecular formula is C42H60N4O2. The van der Waals surface area contributed by atoms with Gasteiger partial charge in [0.25, 0.3) is 0 Å². The van der Waals surface area contributed by atoms with Crippen molar-refractivity contribution in [2.24, 2.45) is 0 Å². The molecule has 0 saturated carbocycles. The van der Waals surface area contributed by atoms with E-state index in [0.29, 0.717) is 12.1 Å². The summed E-state index contributed by atoms with van der Waals surface area (Å²) in [5.41, 5.74) is 5.43. The molecule has 0 aliphatic carbocycles. The lowest BCUT2D eigenvalue weighted by molar-refractivity contribution is -0.00923. The van der Waals surface area contributed by atoms with Gasteiger partial charge in [0, 0.05) is 65.6 Å². The molecule has 6 nitrogen and oxygen atoms in total. The normalized spacial score (nSPS) is 20.6. The van der Waals surface area contributed by atoms with Gasteiger partial charge in [0.15, 0.2) is 0 Å². The van der Waals surface area contributed by atoms with Crippen molar-refractivity contribution in [1.29, 1.82) is 0 Å². The van der Waals surface area contributed by atoms with E-state index in [1.807, 2.05) is 14.2 Å². The van der Waals surface area contributed by atoms with E-state index in [9.17, 15) is 0 Å². The molecule has 2 heterocycles. The molecule has 2 aliphatic rings. The van der Waals surface area contributed by atoms with E-state index in [4.69, 9.17) is 9.47 Å². The second-order valence-corrected chi connectivity index (χ2v) is 12.4. The van der Waals surface area contributed by atoms with Gasteiger partial charge in [0.2, 0.25) is 0 Å². The maximum Gasteiger partial charge on any atom is 0.0851 e. The fourth-order valence-corrected chi connectivity index (χ4v) is 6.80. The predicted molar refractivity (Wildman–Crippen MR) is 202 cm³/mol. The Balaban J connectivity index is 0.000000250. The van der Waals surface area contributed by atoms with E-state index in [-0.39, 0.29) is 27.1 Å². The Labute approximate surface area is 291 Å². The molecule has 48 heavy (non-hydrogen) atoms. The second kappa shape index (κ2) is 21.6. The van der Waals surface area contributed by atoms with Crippen molar-refractivity contribution in [3.05, 3.63) is 144 Å². The number of benzene rings is 4. The molecule has 260 valence electrons. The smallest absolute Gasteiger partial charge is 0.0851 e. The van der Waals surface area contributed by atoms with Crippen LogP contribution in [0.15, 0.2) is 121 Å². The van der Waals surface area contributed by atoms with Crippen LogP contribution in [0.4, 0.5) is 0 Å². The summed E-state index contributed by atoms with van der Waals surface area (Å²) in [4.78, 5) is 5.14. The third kappa shape index (κ3) is 12.0. The third-order valence-electron chi connectivity index (χ3n) is 9.24. The van der Waals surface area contributed by atoms with Gasteiger partial charge in [-0.1, -0.05) is 136 Å². The summed E-state index contributed by atoms with van der Waals surface area (Å²) >= 11 is 0. The molecule has 2 fully saturated rings. The number of nitrogens with one attached hydrogen (secondary N) is 2. The van der Waals surface area contributed by atoms with Gasteiger partial charge in [0.05, 0.1) is 12.2 Å². The number of piperidine rings is 2. The van der Waals surface area contributed by atoms with E-state index in [1.165, 1.54) is 22.3 Å². The molecular weight excluding hydrogens is 592 g/mol. The standard InChI is InChI=1S/2C20H26N2O.2CH4/c2*1-23-20-14-21-13-12-19(20)22(15-17-8-4-2-5-9-17)16-18-10-6-3-7-11-18;;/h2*2-11,19-21H,12-16H2,1H3;2*1H4/t2*19-,20+;;/m11../s1. The van der Waals surface area contributed by atoms with E-state index < -0.39 is 0 Å². The van der Waals surface area contributed by atoms with Crippen molar-refractivity contribution in [2.75, 3.05) is 40.4 Å². The van der Waals surface area contributed by atoms with Crippen molar-refractivity contribution >= 4 is 0 Å². The van der Waals surface area contributed by atoms with Crippen LogP contribution in [0.5, 0.6) is 0 Å². The summed E-state index contributed by atoms with van der Waals surface area (Å²) in [6.07, 6.45) is 2.74. The van der Waals surface area contributed by atoms with E-state index >= 15 is 0 Å². The van der Waals surface area contributed by atoms with Gasteiger partial charge in [-0.05, 0) is 48.2 Å².